The highest BCUT2D eigenvalue weighted by Crippen LogP contribution is 2.26. The SMILES string of the molecule is Cc1nc(CC(C)C)c(NC(=O)N2CCCOC(CF)C2)s1. The number of hydrogen-bond donors (Lipinski definition) is 1. The van der Waals surface area contributed by atoms with Crippen molar-refractivity contribution in [3.05, 3.63) is 10.7 Å². The first-order valence-electron chi connectivity index (χ1n) is 7.69. The molecule has 5 nitrogen and oxygen atoms in total. The first-order chi connectivity index (χ1) is 10.5. The van der Waals surface area contributed by atoms with Crippen molar-refractivity contribution in [1.82, 2.24) is 9.88 Å². The lowest BCUT2D eigenvalue weighted by Gasteiger charge is -2.22. The van der Waals surface area contributed by atoms with Gasteiger partial charge in [-0.2, -0.15) is 0 Å². The quantitative estimate of drug-likeness (QED) is 0.922. The number of anilines is 1. The van der Waals surface area contributed by atoms with Crippen molar-refractivity contribution in [2.24, 2.45) is 5.92 Å². The highest BCUT2D eigenvalue weighted by Gasteiger charge is 2.24. The van der Waals surface area contributed by atoms with Gasteiger partial charge in [0.25, 0.3) is 0 Å². The Morgan fingerprint density at radius 1 is 1.59 bits per heavy atom. The zero-order chi connectivity index (χ0) is 16.1. The molecule has 0 bridgehead atoms. The third kappa shape index (κ3) is 4.64. The molecule has 0 saturated carbocycles. The van der Waals surface area contributed by atoms with Crippen LogP contribution in [0.5, 0.6) is 0 Å². The molecule has 124 valence electrons. The van der Waals surface area contributed by atoms with E-state index in [1.165, 1.54) is 11.3 Å². The van der Waals surface area contributed by atoms with Gasteiger partial charge in [-0.15, -0.1) is 11.3 Å². The molecule has 1 N–H and O–H groups in total. The standard InChI is InChI=1S/C15H24FN3O2S/c1-10(2)7-13-14(22-11(3)17-13)18-15(20)19-5-4-6-21-12(8-16)9-19/h10,12H,4-9H2,1-3H3,(H,18,20). The van der Waals surface area contributed by atoms with Gasteiger partial charge in [0.05, 0.1) is 17.2 Å². The molecule has 0 aromatic carbocycles. The smallest absolute Gasteiger partial charge is 0.322 e. The van der Waals surface area contributed by atoms with Crippen molar-refractivity contribution in [1.29, 1.82) is 0 Å². The van der Waals surface area contributed by atoms with Gasteiger partial charge in [-0.3, -0.25) is 5.32 Å². The number of aromatic nitrogens is 1. The second-order valence-corrected chi connectivity index (χ2v) is 7.19. The molecule has 1 atom stereocenters. The highest BCUT2D eigenvalue weighted by atomic mass is 32.1. The number of nitrogens with zero attached hydrogens (tertiary/aromatic N) is 2. The molecule has 1 aliphatic rings. The van der Waals surface area contributed by atoms with Crippen LogP contribution < -0.4 is 5.32 Å². The number of amides is 2. The van der Waals surface area contributed by atoms with Crippen LogP contribution in [0.25, 0.3) is 0 Å². The number of aryl methyl sites for hydroxylation is 1. The van der Waals surface area contributed by atoms with E-state index in [2.05, 4.69) is 24.1 Å². The van der Waals surface area contributed by atoms with Crippen LogP contribution in [0.4, 0.5) is 14.2 Å². The van der Waals surface area contributed by atoms with Crippen molar-refractivity contribution in [2.45, 2.75) is 39.7 Å². The molecule has 2 amide bonds. The van der Waals surface area contributed by atoms with Gasteiger partial charge in [0.2, 0.25) is 0 Å². The van der Waals surface area contributed by atoms with E-state index in [0.29, 0.717) is 25.6 Å². The summed E-state index contributed by atoms with van der Waals surface area (Å²) in [4.78, 5) is 18.6. The van der Waals surface area contributed by atoms with Crippen molar-refractivity contribution < 1.29 is 13.9 Å². The highest BCUT2D eigenvalue weighted by molar-refractivity contribution is 7.16. The van der Waals surface area contributed by atoms with Crippen LogP contribution in [-0.4, -0.2) is 48.4 Å². The first kappa shape index (κ1) is 17.1. The number of urea groups is 1. The third-order valence-electron chi connectivity index (χ3n) is 3.44. The summed E-state index contributed by atoms with van der Waals surface area (Å²) in [7, 11) is 0. The van der Waals surface area contributed by atoms with E-state index in [0.717, 1.165) is 28.5 Å². The topological polar surface area (TPSA) is 54.5 Å². The predicted octanol–water partition coefficient (Wildman–Crippen LogP) is 3.24. The zero-order valence-corrected chi connectivity index (χ0v) is 14.2. The van der Waals surface area contributed by atoms with Crippen LogP contribution in [0.2, 0.25) is 0 Å². The van der Waals surface area contributed by atoms with Crippen LogP contribution in [-0.2, 0) is 11.2 Å². The minimum absolute atomic E-state index is 0.197. The number of alkyl halides is 1. The normalized spacial score (nSPS) is 19.3. The van der Waals surface area contributed by atoms with Gasteiger partial charge in [-0.25, -0.2) is 14.2 Å². The van der Waals surface area contributed by atoms with E-state index in [9.17, 15) is 9.18 Å². The Bertz CT molecular complexity index is 507. The maximum Gasteiger partial charge on any atom is 0.322 e. The molecule has 1 unspecified atom stereocenters. The maximum atomic E-state index is 12.8. The number of thiazole rings is 1. The average molecular weight is 329 g/mol. The number of carbonyl (C=O) groups excluding carboxylic acids is 1. The molecular weight excluding hydrogens is 305 g/mol. The Labute approximate surface area is 134 Å². The van der Waals surface area contributed by atoms with E-state index >= 15 is 0 Å². The summed E-state index contributed by atoms with van der Waals surface area (Å²) in [6, 6.07) is -0.197. The van der Waals surface area contributed by atoms with E-state index < -0.39 is 12.8 Å². The number of halogens is 1. The van der Waals surface area contributed by atoms with Crippen LogP contribution in [0.1, 0.15) is 31.0 Å². The molecule has 0 aliphatic carbocycles. The number of carbonyl (C=O) groups is 1. The largest absolute Gasteiger partial charge is 0.374 e. The van der Waals surface area contributed by atoms with Crippen molar-refractivity contribution in [3.63, 3.8) is 0 Å². The monoisotopic (exact) mass is 329 g/mol. The van der Waals surface area contributed by atoms with Gasteiger partial charge >= 0.3 is 6.03 Å². The van der Waals surface area contributed by atoms with Gasteiger partial charge in [0.15, 0.2) is 0 Å². The van der Waals surface area contributed by atoms with Gasteiger partial charge in [0, 0.05) is 13.2 Å². The lowest BCUT2D eigenvalue weighted by molar-refractivity contribution is 0.0409. The minimum Gasteiger partial charge on any atom is -0.374 e. The second-order valence-electron chi connectivity index (χ2n) is 5.98. The van der Waals surface area contributed by atoms with Gasteiger partial charge in [0.1, 0.15) is 17.8 Å². The predicted molar refractivity (Wildman–Crippen MR) is 86.3 cm³/mol. The molecule has 1 aromatic rings. The van der Waals surface area contributed by atoms with Gasteiger partial charge in [-0.05, 0) is 25.7 Å². The average Bonchev–Trinajstić information content (AvgIpc) is 2.67. The molecule has 2 heterocycles. The summed E-state index contributed by atoms with van der Waals surface area (Å²) in [5.74, 6) is 0.472. The lowest BCUT2D eigenvalue weighted by atomic mass is 10.1. The number of rotatable bonds is 4. The summed E-state index contributed by atoms with van der Waals surface area (Å²) in [5, 5.41) is 4.68. The summed E-state index contributed by atoms with van der Waals surface area (Å²) in [6.07, 6.45) is 1.03. The molecule has 1 saturated heterocycles. The number of hydrogen-bond acceptors (Lipinski definition) is 4. The van der Waals surface area contributed by atoms with Crippen LogP contribution in [0.15, 0.2) is 0 Å². The van der Waals surface area contributed by atoms with Crippen molar-refractivity contribution in [3.8, 4) is 0 Å². The third-order valence-corrected chi connectivity index (χ3v) is 4.36. The number of nitrogens with one attached hydrogen (secondary N) is 1. The molecular formula is C15H24FN3O2S. The Morgan fingerprint density at radius 3 is 3.05 bits per heavy atom. The summed E-state index contributed by atoms with van der Waals surface area (Å²) in [5.41, 5.74) is 0.930. The van der Waals surface area contributed by atoms with Crippen LogP contribution in [0.3, 0.4) is 0 Å². The van der Waals surface area contributed by atoms with Crippen molar-refractivity contribution >= 4 is 22.4 Å². The maximum absolute atomic E-state index is 12.8. The van der Waals surface area contributed by atoms with Crippen molar-refractivity contribution in [2.75, 3.05) is 31.7 Å². The number of ether oxygens (including phenoxy) is 1. The van der Waals surface area contributed by atoms with Gasteiger partial charge in [-0.1, -0.05) is 13.8 Å². The minimum atomic E-state index is -0.567. The summed E-state index contributed by atoms with van der Waals surface area (Å²) < 4.78 is 18.2. The van der Waals surface area contributed by atoms with Gasteiger partial charge < -0.3 is 9.64 Å². The molecule has 0 spiro atoms. The first-order valence-corrected chi connectivity index (χ1v) is 8.51. The fraction of sp³-hybridized carbons (Fsp3) is 0.733. The molecule has 1 aromatic heterocycles. The van der Waals surface area contributed by atoms with Crippen LogP contribution in [0, 0.1) is 12.8 Å². The van der Waals surface area contributed by atoms with E-state index in [4.69, 9.17) is 4.74 Å². The molecule has 1 aliphatic heterocycles. The molecule has 22 heavy (non-hydrogen) atoms. The Balaban J connectivity index is 2.04. The summed E-state index contributed by atoms with van der Waals surface area (Å²) in [6.45, 7) is 6.98. The summed E-state index contributed by atoms with van der Waals surface area (Å²) >= 11 is 1.49. The Kier molecular flexibility index (Phi) is 6.14. The lowest BCUT2D eigenvalue weighted by Crippen LogP contribution is -2.40. The molecule has 2 rings (SSSR count). The fourth-order valence-corrected chi connectivity index (χ4v) is 3.28. The molecule has 1 fully saturated rings. The molecule has 7 heteroatoms. The Morgan fingerprint density at radius 2 is 2.36 bits per heavy atom. The van der Waals surface area contributed by atoms with E-state index in [-0.39, 0.29) is 6.03 Å². The van der Waals surface area contributed by atoms with Crippen LogP contribution >= 0.6 is 11.3 Å². The molecule has 0 radical (unpaired) electrons. The van der Waals surface area contributed by atoms with E-state index in [1.54, 1.807) is 4.90 Å². The zero-order valence-electron chi connectivity index (χ0n) is 13.4. The Hall–Kier alpha value is -1.21. The second kappa shape index (κ2) is 7.87. The fourth-order valence-electron chi connectivity index (χ4n) is 2.44. The van der Waals surface area contributed by atoms with E-state index in [1.807, 2.05) is 6.92 Å².